The average Bonchev–Trinajstić information content (AvgIpc) is 4.04. The summed E-state index contributed by atoms with van der Waals surface area (Å²) in [5.41, 5.74) is -0.239. The number of aromatic nitrogens is 1. The van der Waals surface area contributed by atoms with Crippen LogP contribution in [0.2, 0.25) is 0 Å². The fraction of sp³-hybridized carbons (Fsp3) is 0.643. The molecule has 56 heavy (non-hydrogen) atoms. The van der Waals surface area contributed by atoms with E-state index in [9.17, 15) is 27.6 Å². The summed E-state index contributed by atoms with van der Waals surface area (Å²) in [6.45, 7) is 9.68. The molecule has 13 nitrogen and oxygen atoms in total. The largest absolute Gasteiger partial charge is 0.497 e. The number of allylic oxidation sites excluding steroid dienone is 1. The number of rotatable bonds is 7. The molecular formula is C42H56N4O9S. The van der Waals surface area contributed by atoms with Gasteiger partial charge in [0.2, 0.25) is 21.8 Å². The maximum atomic E-state index is 14.8. The molecule has 4 heterocycles. The summed E-state index contributed by atoms with van der Waals surface area (Å²) >= 11 is 0. The second-order valence-corrected chi connectivity index (χ2v) is 20.4. The number of sulfonamides is 1. The van der Waals surface area contributed by atoms with Crippen molar-refractivity contribution in [2.75, 3.05) is 20.3 Å². The van der Waals surface area contributed by atoms with E-state index in [2.05, 4.69) is 10.0 Å². The maximum Gasteiger partial charge on any atom is 0.306 e. The van der Waals surface area contributed by atoms with Crippen LogP contribution in [0.3, 0.4) is 0 Å². The second-order valence-electron chi connectivity index (χ2n) is 18.2. The number of nitrogens with one attached hydrogen (secondary N) is 2. The Balaban J connectivity index is 1.23. The van der Waals surface area contributed by atoms with Crippen LogP contribution in [-0.4, -0.2) is 84.2 Å². The maximum absolute atomic E-state index is 14.8. The molecule has 1 spiro atoms. The van der Waals surface area contributed by atoms with E-state index in [4.69, 9.17) is 19.2 Å². The molecule has 5 aliphatic rings. The number of nitrogens with zero attached hydrogens (tertiary/aromatic N) is 2. The number of amides is 3. The van der Waals surface area contributed by atoms with Gasteiger partial charge in [0.05, 0.1) is 42.6 Å². The summed E-state index contributed by atoms with van der Waals surface area (Å²) in [6.07, 6.45) is 9.60. The normalized spacial score (nSPS) is 29.4. The third-order valence-corrected chi connectivity index (χ3v) is 14.5. The van der Waals surface area contributed by atoms with Crippen LogP contribution in [0, 0.1) is 24.2 Å². The van der Waals surface area contributed by atoms with Crippen LogP contribution < -0.4 is 19.5 Å². The summed E-state index contributed by atoms with van der Waals surface area (Å²) in [6, 6.07) is 4.67. The number of methoxy groups -OCH3 is 1. The third-order valence-electron chi connectivity index (χ3n) is 12.4. The second kappa shape index (κ2) is 14.6. The molecule has 2 N–H and O–H groups in total. The van der Waals surface area contributed by atoms with E-state index in [-0.39, 0.29) is 43.7 Å². The van der Waals surface area contributed by atoms with Gasteiger partial charge in [-0.2, -0.15) is 0 Å². The summed E-state index contributed by atoms with van der Waals surface area (Å²) in [7, 11) is -2.37. The van der Waals surface area contributed by atoms with Gasteiger partial charge in [0.15, 0.2) is 0 Å². The molecule has 0 unspecified atom stereocenters. The highest BCUT2D eigenvalue weighted by Crippen LogP contribution is 2.49. The molecular weight excluding hydrogens is 737 g/mol. The van der Waals surface area contributed by atoms with Gasteiger partial charge in [-0.1, -0.05) is 45.8 Å². The Kier molecular flexibility index (Phi) is 10.5. The molecule has 3 fully saturated rings. The van der Waals surface area contributed by atoms with E-state index in [1.165, 1.54) is 4.90 Å². The average molecular weight is 793 g/mol. The molecule has 5 atom stereocenters. The van der Waals surface area contributed by atoms with Gasteiger partial charge in [-0.15, -0.1) is 0 Å². The molecule has 2 aromatic rings. The molecule has 2 saturated carbocycles. The first-order valence-corrected chi connectivity index (χ1v) is 21.5. The molecule has 3 aliphatic heterocycles. The zero-order valence-electron chi connectivity index (χ0n) is 33.5. The van der Waals surface area contributed by atoms with Gasteiger partial charge < -0.3 is 24.4 Å². The summed E-state index contributed by atoms with van der Waals surface area (Å²) in [5, 5.41) is 3.88. The van der Waals surface area contributed by atoms with Crippen LogP contribution in [0.5, 0.6) is 11.5 Å². The van der Waals surface area contributed by atoms with Crippen LogP contribution in [0.25, 0.3) is 10.9 Å². The van der Waals surface area contributed by atoms with Crippen molar-refractivity contribution in [1.29, 1.82) is 0 Å². The lowest BCUT2D eigenvalue weighted by atomic mass is 9.87. The number of ether oxygens (including phenoxy) is 3. The Hall–Kier alpha value is -4.20. The first-order valence-electron chi connectivity index (χ1n) is 20.1. The molecule has 1 aromatic carbocycles. The lowest BCUT2D eigenvalue weighted by Crippen LogP contribution is -2.57. The van der Waals surface area contributed by atoms with E-state index in [1.807, 2.05) is 58.0 Å². The number of aryl methyl sites for hydroxylation is 2. The van der Waals surface area contributed by atoms with Crippen molar-refractivity contribution in [3.05, 3.63) is 41.6 Å². The fourth-order valence-corrected chi connectivity index (χ4v) is 9.80. The standard InChI is InChI=1S/C42H56N4O9S/c1-26-35-30(31-21-29(53-6)14-15-32(31)43-26)16-17-41(55-35)23-33-36(48)44-42(38(50)45-56(51,52)40(5)18-19-40)22-28(42)13-11-9-7-8-10-12-27(37(49)46(33)24-41)20-34(47)54-25-39(2,3)4/h11,13-15,21,27-28,33H,7-10,12,16-20,22-25H2,1-6H3,(H,44,48)(H,45,50)/b13-11-/t27-,28-,33+,41-,42-/m1/s1. The van der Waals surface area contributed by atoms with Crippen molar-refractivity contribution >= 4 is 44.6 Å². The van der Waals surface area contributed by atoms with Crippen LogP contribution in [-0.2, 0) is 40.4 Å². The van der Waals surface area contributed by atoms with Crippen LogP contribution in [0.15, 0.2) is 30.4 Å². The van der Waals surface area contributed by atoms with Crippen LogP contribution in [0.1, 0.15) is 110 Å². The third kappa shape index (κ3) is 7.86. The SMILES string of the molecule is COc1ccc2nc(C)c3c(c2c1)CC[C@]1(C[C@H]2C(=O)N[C@]4(C(=O)NS(=O)(=O)C5(C)CC5)C[C@H]4/C=C\CCCCC[C@H](CC(=O)OCC(C)(C)C)C(=O)N2C1)O3. The topological polar surface area (TPSA) is 170 Å². The monoisotopic (exact) mass is 792 g/mol. The fourth-order valence-electron chi connectivity index (χ4n) is 8.49. The van der Waals surface area contributed by atoms with Gasteiger partial charge in [0.25, 0.3) is 5.91 Å². The minimum atomic E-state index is -3.98. The van der Waals surface area contributed by atoms with Gasteiger partial charge in [-0.05, 0) is 88.8 Å². The Morgan fingerprint density at radius 3 is 2.59 bits per heavy atom. The summed E-state index contributed by atoms with van der Waals surface area (Å²) < 4.78 is 45.8. The highest BCUT2D eigenvalue weighted by Gasteiger charge is 2.64. The Morgan fingerprint density at radius 1 is 1.11 bits per heavy atom. The summed E-state index contributed by atoms with van der Waals surface area (Å²) in [5.74, 6) is -2.00. The van der Waals surface area contributed by atoms with E-state index >= 15 is 0 Å². The predicted molar refractivity (Wildman–Crippen MR) is 209 cm³/mol. The van der Waals surface area contributed by atoms with Crippen molar-refractivity contribution in [2.45, 2.75) is 134 Å². The molecule has 14 heteroatoms. The number of benzene rings is 1. The molecule has 0 radical (unpaired) electrons. The Bertz CT molecular complexity index is 2070. The lowest BCUT2D eigenvalue weighted by Gasteiger charge is -2.36. The van der Waals surface area contributed by atoms with Crippen LogP contribution >= 0.6 is 0 Å². The smallest absolute Gasteiger partial charge is 0.306 e. The highest BCUT2D eigenvalue weighted by atomic mass is 32.2. The predicted octanol–water partition coefficient (Wildman–Crippen LogP) is 5.21. The van der Waals surface area contributed by atoms with Gasteiger partial charge >= 0.3 is 5.97 Å². The van der Waals surface area contributed by atoms with Crippen LogP contribution in [0.4, 0.5) is 0 Å². The van der Waals surface area contributed by atoms with Crippen molar-refractivity contribution in [3.8, 4) is 11.5 Å². The minimum absolute atomic E-state index is 0.0851. The number of hydrogen-bond acceptors (Lipinski definition) is 10. The number of carbonyl (C=O) groups excluding carboxylic acids is 4. The molecule has 7 rings (SSSR count). The molecule has 1 aromatic heterocycles. The lowest BCUT2D eigenvalue weighted by molar-refractivity contribution is -0.152. The molecule has 0 bridgehead atoms. The van der Waals surface area contributed by atoms with Gasteiger partial charge in [-0.3, -0.25) is 23.9 Å². The Morgan fingerprint density at radius 2 is 1.88 bits per heavy atom. The van der Waals surface area contributed by atoms with Gasteiger partial charge in [-0.25, -0.2) is 13.4 Å². The number of esters is 1. The molecule has 3 amide bonds. The quantitative estimate of drug-likeness (QED) is 0.281. The van der Waals surface area contributed by atoms with Gasteiger partial charge in [0.1, 0.15) is 28.7 Å². The zero-order chi connectivity index (χ0) is 40.3. The van der Waals surface area contributed by atoms with E-state index in [0.29, 0.717) is 55.7 Å². The van der Waals surface area contributed by atoms with Gasteiger partial charge in [0, 0.05) is 29.2 Å². The highest BCUT2D eigenvalue weighted by molar-refractivity contribution is 7.91. The molecule has 304 valence electrons. The molecule has 1 saturated heterocycles. The van der Waals surface area contributed by atoms with Crippen molar-refractivity contribution in [2.24, 2.45) is 17.3 Å². The van der Waals surface area contributed by atoms with E-state index < -0.39 is 61.6 Å². The first-order chi connectivity index (χ1) is 26.4. The van der Waals surface area contributed by atoms with Crippen molar-refractivity contribution in [3.63, 3.8) is 0 Å². The number of fused-ring (bicyclic) bond motifs is 5. The van der Waals surface area contributed by atoms with Crippen molar-refractivity contribution < 1.29 is 41.8 Å². The Labute approximate surface area is 329 Å². The first kappa shape index (κ1) is 40.0. The number of carbonyl (C=O) groups is 4. The summed E-state index contributed by atoms with van der Waals surface area (Å²) in [4.78, 5) is 63.1. The van der Waals surface area contributed by atoms with E-state index in [0.717, 1.165) is 35.7 Å². The number of hydrogen-bond donors (Lipinski definition) is 2. The van der Waals surface area contributed by atoms with Crippen molar-refractivity contribution in [1.82, 2.24) is 19.9 Å². The zero-order valence-corrected chi connectivity index (χ0v) is 34.3. The van der Waals surface area contributed by atoms with E-state index in [1.54, 1.807) is 14.0 Å². The minimum Gasteiger partial charge on any atom is -0.497 e. The number of pyridine rings is 1. The molecule has 2 aliphatic carbocycles.